The van der Waals surface area contributed by atoms with Crippen LogP contribution < -0.4 is 11.1 Å². The zero-order valence-electron chi connectivity index (χ0n) is 65.3. The Bertz CT molecular complexity index is 1930. The van der Waals surface area contributed by atoms with E-state index in [2.05, 4.69) is 60.7 Å². The number of unbranched alkanes of at least 4 members (excludes halogenated alkanes) is 38. The van der Waals surface area contributed by atoms with E-state index >= 15 is 19.2 Å². The first-order chi connectivity index (χ1) is 47.6. The molecule has 0 fully saturated rings. The quantitative estimate of drug-likeness (QED) is 0.0422. The monoisotopic (exact) mass is 1390 g/mol. The van der Waals surface area contributed by atoms with Crippen LogP contribution in [0.5, 0.6) is 0 Å². The lowest BCUT2D eigenvalue weighted by molar-refractivity contribution is -0.148. The molecule has 0 aromatic carbocycles. The van der Waals surface area contributed by atoms with E-state index in [1.54, 1.807) is 24.5 Å². The average molecular weight is 1390 g/mol. The molecule has 0 aliphatic carbocycles. The minimum Gasteiger partial charge on any atom is -0.395 e. The van der Waals surface area contributed by atoms with E-state index in [1.807, 2.05) is 0 Å². The standard InChI is InChI=1S/C81H158N8O9/c1-9-17-23-27-31-35-39-43-47-51-57-84(76(93)61-83-74(70-90)71-91)65-77(94)87(60-54-50-46-42-38-34-30-26-20-12-4)68-81(98)89(63-73(16-8)56-22-14-6)69-79(96)85(58-52-48-44-40-36-32-28-24-18-10-2)66-78(95)86(59-53-49-45-41-37-33-29-25-19-11-3)67-80(97)88(64-75(82)92)62-72(15-7)55-21-13-5/h72-74,83,90-91H,9-71H2,1-8H3,(H2,82,92). The lowest BCUT2D eigenvalue weighted by atomic mass is 9.98. The summed E-state index contributed by atoms with van der Waals surface area (Å²) in [6, 6.07) is -0.692. The van der Waals surface area contributed by atoms with E-state index in [-0.39, 0.29) is 106 Å². The molecule has 17 nitrogen and oxygen atoms in total. The maximum Gasteiger partial charge on any atom is 0.242 e. The van der Waals surface area contributed by atoms with E-state index in [1.165, 1.54) is 146 Å². The summed E-state index contributed by atoms with van der Waals surface area (Å²) in [7, 11) is 0. The molecule has 0 spiro atoms. The van der Waals surface area contributed by atoms with Crippen molar-refractivity contribution in [3.63, 3.8) is 0 Å². The normalized spacial score (nSPS) is 12.1. The number of hydrogen-bond acceptors (Lipinski definition) is 10. The van der Waals surface area contributed by atoms with Gasteiger partial charge in [-0.2, -0.15) is 0 Å². The van der Waals surface area contributed by atoms with Crippen LogP contribution in [0.1, 0.15) is 364 Å². The molecule has 0 saturated carbocycles. The molecule has 576 valence electrons. The number of nitrogens with one attached hydrogen (secondary N) is 1. The van der Waals surface area contributed by atoms with Gasteiger partial charge in [0, 0.05) is 39.3 Å². The molecule has 17 heteroatoms. The number of primary amides is 1. The first-order valence-corrected chi connectivity index (χ1v) is 41.5. The molecule has 5 N–H and O–H groups in total. The van der Waals surface area contributed by atoms with Gasteiger partial charge in [-0.15, -0.1) is 0 Å². The lowest BCUT2D eigenvalue weighted by Gasteiger charge is -2.34. The van der Waals surface area contributed by atoms with Gasteiger partial charge in [0.1, 0.15) is 0 Å². The number of aliphatic hydroxyl groups is 2. The summed E-state index contributed by atoms with van der Waals surface area (Å²) in [5, 5.41) is 22.7. The highest BCUT2D eigenvalue weighted by atomic mass is 16.3. The molecule has 0 aromatic rings. The third-order valence-electron chi connectivity index (χ3n) is 20.2. The highest BCUT2D eigenvalue weighted by Crippen LogP contribution is 2.21. The maximum absolute atomic E-state index is 15.4. The van der Waals surface area contributed by atoms with Crippen LogP contribution in [0.4, 0.5) is 0 Å². The van der Waals surface area contributed by atoms with Crippen LogP contribution in [0.3, 0.4) is 0 Å². The third kappa shape index (κ3) is 52.2. The zero-order chi connectivity index (χ0) is 72.5. The molecule has 2 unspecified atom stereocenters. The van der Waals surface area contributed by atoms with Crippen molar-refractivity contribution in [3.05, 3.63) is 0 Å². The van der Waals surface area contributed by atoms with E-state index in [9.17, 15) is 24.6 Å². The van der Waals surface area contributed by atoms with E-state index in [4.69, 9.17) is 5.73 Å². The second-order valence-electron chi connectivity index (χ2n) is 29.3. The summed E-state index contributed by atoms with van der Waals surface area (Å²) in [5.74, 6) is -2.40. The molecule has 0 radical (unpaired) electrons. The van der Waals surface area contributed by atoms with E-state index < -0.39 is 11.9 Å². The van der Waals surface area contributed by atoms with Crippen LogP contribution in [0.2, 0.25) is 0 Å². The summed E-state index contributed by atoms with van der Waals surface area (Å²) in [5.41, 5.74) is 5.81. The van der Waals surface area contributed by atoms with Crippen molar-refractivity contribution in [2.75, 3.05) is 98.3 Å². The number of amides is 7. The number of carbonyl (C=O) groups is 7. The molecule has 7 amide bonds. The van der Waals surface area contributed by atoms with Gasteiger partial charge >= 0.3 is 0 Å². The van der Waals surface area contributed by atoms with Crippen molar-refractivity contribution in [2.24, 2.45) is 17.6 Å². The van der Waals surface area contributed by atoms with Gasteiger partial charge in [-0.1, -0.05) is 325 Å². The minimum absolute atomic E-state index is 0.0819. The van der Waals surface area contributed by atoms with Crippen LogP contribution in [0.15, 0.2) is 0 Å². The predicted octanol–water partition coefficient (Wildman–Crippen LogP) is 16.5. The van der Waals surface area contributed by atoms with Crippen molar-refractivity contribution in [1.29, 1.82) is 0 Å². The van der Waals surface area contributed by atoms with Gasteiger partial charge < -0.3 is 50.7 Å². The molecule has 0 aromatic heterocycles. The summed E-state index contributed by atoms with van der Waals surface area (Å²) >= 11 is 0. The Labute approximate surface area is 602 Å². The zero-order valence-corrected chi connectivity index (χ0v) is 65.3. The van der Waals surface area contributed by atoms with E-state index in [0.717, 1.165) is 141 Å². The Kier molecular flexibility index (Phi) is 65.0. The van der Waals surface area contributed by atoms with Crippen molar-refractivity contribution in [2.45, 2.75) is 370 Å². The fraction of sp³-hybridized carbons (Fsp3) is 0.914. The largest absolute Gasteiger partial charge is 0.395 e. The molecular weight excluding hydrogens is 1230 g/mol. The van der Waals surface area contributed by atoms with Gasteiger partial charge in [0.15, 0.2) is 0 Å². The Morgan fingerprint density at radius 1 is 0.286 bits per heavy atom. The number of aliphatic hydroxyl groups excluding tert-OH is 2. The van der Waals surface area contributed by atoms with Crippen LogP contribution >= 0.6 is 0 Å². The predicted molar refractivity (Wildman–Crippen MR) is 409 cm³/mol. The SMILES string of the molecule is CCCCCCCCCCCCN(CC(=O)N(CCCCCCCCCCCC)CC(=O)N(CC(=O)N(CCCCCCCCCCCC)CC(=O)N(CCCCCCCCCCCC)CC(=O)N(CC(N)=O)CC(CC)CCCC)CC(CC)CCCC)C(=O)CNC(CO)CO. The van der Waals surface area contributed by atoms with Gasteiger partial charge in [0.25, 0.3) is 0 Å². The fourth-order valence-electron chi connectivity index (χ4n) is 13.3. The topological polar surface area (TPSA) is 217 Å². The summed E-state index contributed by atoms with van der Waals surface area (Å²) in [4.78, 5) is 112. The third-order valence-corrected chi connectivity index (χ3v) is 20.2. The van der Waals surface area contributed by atoms with Gasteiger partial charge in [-0.25, -0.2) is 0 Å². The number of nitrogens with zero attached hydrogens (tertiary/aromatic N) is 6. The molecular formula is C81H158N8O9. The molecule has 0 rings (SSSR count). The second kappa shape index (κ2) is 67.6. The Morgan fingerprint density at radius 2 is 0.500 bits per heavy atom. The first-order valence-electron chi connectivity index (χ1n) is 41.5. The molecule has 0 saturated heterocycles. The highest BCUT2D eigenvalue weighted by Gasteiger charge is 2.31. The smallest absolute Gasteiger partial charge is 0.242 e. The van der Waals surface area contributed by atoms with Crippen molar-refractivity contribution in [3.8, 4) is 0 Å². The maximum atomic E-state index is 15.4. The van der Waals surface area contributed by atoms with Gasteiger partial charge in [-0.3, -0.25) is 33.6 Å². The van der Waals surface area contributed by atoms with Gasteiger partial charge in [0.2, 0.25) is 41.4 Å². The Morgan fingerprint density at radius 3 is 0.735 bits per heavy atom. The second-order valence-corrected chi connectivity index (χ2v) is 29.3. The molecule has 0 heterocycles. The first kappa shape index (κ1) is 94.2. The summed E-state index contributed by atoms with van der Waals surface area (Å²) in [6.45, 7) is 17.0. The Balaban J connectivity index is 7.49. The van der Waals surface area contributed by atoms with E-state index in [0.29, 0.717) is 65.0 Å². The molecule has 0 aliphatic rings. The highest BCUT2D eigenvalue weighted by molar-refractivity contribution is 5.93. The number of nitrogens with two attached hydrogens (primary N) is 1. The molecule has 98 heavy (non-hydrogen) atoms. The number of rotatable bonds is 73. The van der Waals surface area contributed by atoms with Crippen molar-refractivity contribution in [1.82, 2.24) is 34.7 Å². The summed E-state index contributed by atoms with van der Waals surface area (Å²) in [6.07, 6.45) is 51.5. The van der Waals surface area contributed by atoms with Crippen LogP contribution in [-0.4, -0.2) is 185 Å². The van der Waals surface area contributed by atoms with Gasteiger partial charge in [-0.05, 0) is 50.4 Å². The van der Waals surface area contributed by atoms with Crippen LogP contribution in [-0.2, 0) is 33.6 Å². The number of carbonyl (C=O) groups excluding carboxylic acids is 7. The van der Waals surface area contributed by atoms with Crippen molar-refractivity contribution < 1.29 is 43.8 Å². The molecule has 0 bridgehead atoms. The minimum atomic E-state index is -0.692. The van der Waals surface area contributed by atoms with Crippen LogP contribution in [0.25, 0.3) is 0 Å². The lowest BCUT2D eigenvalue weighted by Crippen LogP contribution is -2.53. The van der Waals surface area contributed by atoms with Crippen molar-refractivity contribution >= 4 is 41.4 Å². The Hall–Kier alpha value is -3.83. The van der Waals surface area contributed by atoms with Crippen LogP contribution in [0, 0.1) is 11.8 Å². The summed E-state index contributed by atoms with van der Waals surface area (Å²) < 4.78 is 0. The van der Waals surface area contributed by atoms with Gasteiger partial charge in [0.05, 0.1) is 65.1 Å². The molecule has 2 atom stereocenters. The average Bonchev–Trinajstić information content (AvgIpc) is 0.928. The molecule has 0 aliphatic heterocycles. The number of hydrogen-bond donors (Lipinski definition) is 4. The fourth-order valence-corrected chi connectivity index (χ4v) is 13.3.